The van der Waals surface area contributed by atoms with Gasteiger partial charge in [0.2, 0.25) is 0 Å². The second kappa shape index (κ2) is 7.58. The van der Waals surface area contributed by atoms with Crippen LogP contribution in [0.3, 0.4) is 0 Å². The number of aliphatic hydroxyl groups is 1. The van der Waals surface area contributed by atoms with Crippen LogP contribution >= 0.6 is 11.6 Å². The highest BCUT2D eigenvalue weighted by atomic mass is 35.5. The van der Waals surface area contributed by atoms with Gasteiger partial charge in [-0.2, -0.15) is 5.26 Å². The summed E-state index contributed by atoms with van der Waals surface area (Å²) in [5.74, 6) is 0.399. The molecule has 2 rings (SSSR count). The number of nitrogens with one attached hydrogen (secondary N) is 1. The number of nitriles is 1. The van der Waals surface area contributed by atoms with Gasteiger partial charge in [0.25, 0.3) is 0 Å². The molecule has 2 aromatic rings. The van der Waals surface area contributed by atoms with Gasteiger partial charge < -0.3 is 10.4 Å². The number of rotatable bonds is 6. The minimum atomic E-state index is -0.0292. The van der Waals surface area contributed by atoms with Gasteiger partial charge in [-0.05, 0) is 18.1 Å². The van der Waals surface area contributed by atoms with E-state index in [0.717, 1.165) is 5.56 Å². The standard InChI is InChI=1S/C15H15ClN4O/c16-13-4-2-1-3-12(13)7-11(10-21)9-20-15-14(8-17)18-5-6-19-15/h1-6,11,21H,7,9-10H2,(H,19,20)/t11-/m0/s1. The lowest BCUT2D eigenvalue weighted by Crippen LogP contribution is -2.21. The number of hydrogen-bond acceptors (Lipinski definition) is 5. The first-order valence-electron chi connectivity index (χ1n) is 6.53. The molecule has 0 radical (unpaired) electrons. The van der Waals surface area contributed by atoms with Gasteiger partial charge in [0.05, 0.1) is 0 Å². The van der Waals surface area contributed by atoms with E-state index in [1.54, 1.807) is 0 Å². The number of aromatic nitrogens is 2. The van der Waals surface area contributed by atoms with Gasteiger partial charge in [-0.15, -0.1) is 0 Å². The quantitative estimate of drug-likeness (QED) is 0.855. The van der Waals surface area contributed by atoms with Crippen molar-refractivity contribution in [1.29, 1.82) is 5.26 Å². The normalized spacial score (nSPS) is 11.7. The van der Waals surface area contributed by atoms with Gasteiger partial charge in [-0.3, -0.25) is 0 Å². The Labute approximate surface area is 128 Å². The van der Waals surface area contributed by atoms with Crippen molar-refractivity contribution in [2.24, 2.45) is 5.92 Å². The number of nitrogens with zero attached hydrogens (tertiary/aromatic N) is 3. The first kappa shape index (κ1) is 15.2. The molecule has 0 aliphatic heterocycles. The van der Waals surface area contributed by atoms with Gasteiger partial charge in [-0.1, -0.05) is 29.8 Å². The predicted octanol–water partition coefficient (Wildman–Crippen LogP) is 2.26. The van der Waals surface area contributed by atoms with Crippen molar-refractivity contribution in [3.63, 3.8) is 0 Å². The predicted molar refractivity (Wildman–Crippen MR) is 81.0 cm³/mol. The average Bonchev–Trinajstić information content (AvgIpc) is 2.53. The zero-order valence-electron chi connectivity index (χ0n) is 11.3. The molecule has 0 saturated carbocycles. The van der Waals surface area contributed by atoms with E-state index >= 15 is 0 Å². The number of halogens is 1. The van der Waals surface area contributed by atoms with Crippen molar-refractivity contribution in [2.75, 3.05) is 18.5 Å². The third-order valence-electron chi connectivity index (χ3n) is 3.09. The van der Waals surface area contributed by atoms with Gasteiger partial charge in [0, 0.05) is 36.5 Å². The second-order valence-electron chi connectivity index (χ2n) is 4.59. The lowest BCUT2D eigenvalue weighted by atomic mass is 10.00. The zero-order chi connectivity index (χ0) is 15.1. The van der Waals surface area contributed by atoms with Crippen molar-refractivity contribution in [2.45, 2.75) is 6.42 Å². The highest BCUT2D eigenvalue weighted by Crippen LogP contribution is 2.19. The van der Waals surface area contributed by atoms with Crippen LogP contribution in [0.5, 0.6) is 0 Å². The van der Waals surface area contributed by atoms with Crippen molar-refractivity contribution < 1.29 is 5.11 Å². The van der Waals surface area contributed by atoms with E-state index in [2.05, 4.69) is 15.3 Å². The summed E-state index contributed by atoms with van der Waals surface area (Å²) in [6, 6.07) is 9.53. The van der Waals surface area contributed by atoms with Gasteiger partial charge >= 0.3 is 0 Å². The molecule has 1 heterocycles. The molecule has 6 heteroatoms. The molecule has 1 aromatic heterocycles. The Kier molecular flexibility index (Phi) is 5.50. The third kappa shape index (κ3) is 4.15. The maximum absolute atomic E-state index is 9.50. The number of anilines is 1. The first-order valence-corrected chi connectivity index (χ1v) is 6.91. The highest BCUT2D eigenvalue weighted by molar-refractivity contribution is 6.31. The van der Waals surface area contributed by atoms with Crippen LogP contribution in [0.15, 0.2) is 36.7 Å². The Balaban J connectivity index is 2.00. The zero-order valence-corrected chi connectivity index (χ0v) is 12.1. The molecule has 0 bridgehead atoms. The van der Waals surface area contributed by atoms with Gasteiger partial charge in [-0.25, -0.2) is 9.97 Å². The van der Waals surface area contributed by atoms with Crippen molar-refractivity contribution >= 4 is 17.4 Å². The molecule has 1 atom stereocenters. The van der Waals surface area contributed by atoms with E-state index in [0.29, 0.717) is 23.8 Å². The minimum absolute atomic E-state index is 0.0143. The number of benzene rings is 1. The average molecular weight is 303 g/mol. The van der Waals surface area contributed by atoms with E-state index in [1.807, 2.05) is 30.3 Å². The van der Waals surface area contributed by atoms with Crippen LogP contribution in [-0.4, -0.2) is 28.2 Å². The fourth-order valence-electron chi connectivity index (χ4n) is 1.97. The molecule has 1 aromatic carbocycles. The van der Waals surface area contributed by atoms with Crippen molar-refractivity contribution in [1.82, 2.24) is 9.97 Å². The molecule has 21 heavy (non-hydrogen) atoms. The van der Waals surface area contributed by atoms with Crippen LogP contribution in [-0.2, 0) is 6.42 Å². The molecule has 0 spiro atoms. The molecule has 108 valence electrons. The summed E-state index contributed by atoms with van der Waals surface area (Å²) in [6.45, 7) is 0.496. The Hall–Kier alpha value is -2.16. The Bertz CT molecular complexity index is 642. The summed E-state index contributed by atoms with van der Waals surface area (Å²) in [4.78, 5) is 8.01. The molecule has 5 nitrogen and oxygen atoms in total. The number of hydrogen-bond donors (Lipinski definition) is 2. The molecule has 0 aliphatic rings. The molecule has 0 saturated heterocycles. The van der Waals surface area contributed by atoms with Crippen molar-refractivity contribution in [3.05, 3.63) is 52.9 Å². The lowest BCUT2D eigenvalue weighted by Gasteiger charge is -2.16. The molecule has 0 amide bonds. The van der Waals surface area contributed by atoms with E-state index in [9.17, 15) is 5.11 Å². The van der Waals surface area contributed by atoms with Crippen molar-refractivity contribution in [3.8, 4) is 6.07 Å². The number of aliphatic hydroxyl groups excluding tert-OH is 1. The van der Waals surface area contributed by atoms with Crippen LogP contribution < -0.4 is 5.32 Å². The Morgan fingerprint density at radius 1 is 1.29 bits per heavy atom. The van der Waals surface area contributed by atoms with E-state index in [-0.39, 0.29) is 18.2 Å². The lowest BCUT2D eigenvalue weighted by molar-refractivity contribution is 0.232. The minimum Gasteiger partial charge on any atom is -0.396 e. The summed E-state index contributed by atoms with van der Waals surface area (Å²) < 4.78 is 0. The van der Waals surface area contributed by atoms with E-state index in [1.165, 1.54) is 12.4 Å². The molecule has 2 N–H and O–H groups in total. The third-order valence-corrected chi connectivity index (χ3v) is 3.46. The topological polar surface area (TPSA) is 81.8 Å². The van der Waals surface area contributed by atoms with Gasteiger partial charge in [0.1, 0.15) is 6.07 Å². The molecular weight excluding hydrogens is 288 g/mol. The SMILES string of the molecule is N#Cc1nccnc1NC[C@@H](CO)Cc1ccccc1Cl. The Morgan fingerprint density at radius 2 is 2.05 bits per heavy atom. The maximum Gasteiger partial charge on any atom is 0.182 e. The monoisotopic (exact) mass is 302 g/mol. The highest BCUT2D eigenvalue weighted by Gasteiger charge is 2.12. The largest absolute Gasteiger partial charge is 0.396 e. The summed E-state index contributed by atoms with van der Waals surface area (Å²) >= 11 is 6.12. The van der Waals surface area contributed by atoms with Crippen LogP contribution in [0, 0.1) is 17.2 Å². The summed E-state index contributed by atoms with van der Waals surface area (Å²) in [5, 5.41) is 22.2. The molecule has 0 unspecified atom stereocenters. The molecular formula is C15H15ClN4O. The van der Waals surface area contributed by atoms with E-state index in [4.69, 9.17) is 16.9 Å². The van der Waals surface area contributed by atoms with Crippen LogP contribution in [0.2, 0.25) is 5.02 Å². The first-order chi connectivity index (χ1) is 10.2. The molecule has 0 aliphatic carbocycles. The summed E-state index contributed by atoms with van der Waals surface area (Å²) in [7, 11) is 0. The van der Waals surface area contributed by atoms with Crippen LogP contribution in [0.1, 0.15) is 11.3 Å². The summed E-state index contributed by atoms with van der Waals surface area (Å²) in [5.41, 5.74) is 1.23. The fraction of sp³-hybridized carbons (Fsp3) is 0.267. The Morgan fingerprint density at radius 3 is 2.76 bits per heavy atom. The van der Waals surface area contributed by atoms with E-state index < -0.39 is 0 Å². The summed E-state index contributed by atoms with van der Waals surface area (Å²) in [6.07, 6.45) is 3.63. The smallest absolute Gasteiger partial charge is 0.182 e. The van der Waals surface area contributed by atoms with Gasteiger partial charge in [0.15, 0.2) is 11.5 Å². The fourth-order valence-corrected chi connectivity index (χ4v) is 2.18. The second-order valence-corrected chi connectivity index (χ2v) is 5.00. The molecule has 0 fully saturated rings. The van der Waals surface area contributed by atoms with Crippen LogP contribution in [0.4, 0.5) is 5.82 Å². The maximum atomic E-state index is 9.50. The van der Waals surface area contributed by atoms with Crippen LogP contribution in [0.25, 0.3) is 0 Å².